The van der Waals surface area contributed by atoms with Crippen LogP contribution in [0.15, 0.2) is 71.6 Å². The first-order chi connectivity index (χ1) is 20.9. The van der Waals surface area contributed by atoms with E-state index in [4.69, 9.17) is 27.9 Å². The van der Waals surface area contributed by atoms with Crippen LogP contribution in [-0.4, -0.2) is 63.9 Å². The zero-order chi connectivity index (χ0) is 31.3. The Kier molecular flexibility index (Phi) is 8.51. The van der Waals surface area contributed by atoms with Gasteiger partial charge in [-0.2, -0.15) is 0 Å². The van der Waals surface area contributed by atoms with Crippen molar-refractivity contribution in [1.29, 1.82) is 0 Å². The Morgan fingerprint density at radius 1 is 0.909 bits per heavy atom. The van der Waals surface area contributed by atoms with Crippen LogP contribution in [-0.2, 0) is 42.4 Å². The molecule has 0 saturated carbocycles. The van der Waals surface area contributed by atoms with Crippen LogP contribution in [0.3, 0.4) is 0 Å². The molecule has 234 valence electrons. The average molecular weight is 678 g/mol. The van der Waals surface area contributed by atoms with Gasteiger partial charge in [0.25, 0.3) is 0 Å². The van der Waals surface area contributed by atoms with Crippen molar-refractivity contribution >= 4 is 49.0 Å². The number of sulfone groups is 1. The van der Waals surface area contributed by atoms with Gasteiger partial charge in [0, 0.05) is 41.2 Å². The largest absolute Gasteiger partial charge is 0.489 e. The number of amides is 1. The Bertz CT molecular complexity index is 1770. The van der Waals surface area contributed by atoms with Crippen molar-refractivity contribution in [3.63, 3.8) is 0 Å². The van der Waals surface area contributed by atoms with Crippen molar-refractivity contribution in [3.05, 3.63) is 93.5 Å². The first-order valence-electron chi connectivity index (χ1n) is 14.7. The van der Waals surface area contributed by atoms with Crippen molar-refractivity contribution in [2.75, 3.05) is 25.9 Å². The number of likely N-dealkylation sites (tertiary alicyclic amines) is 1. The normalized spacial score (nSPS) is 22.8. The molecule has 2 saturated heterocycles. The van der Waals surface area contributed by atoms with Crippen molar-refractivity contribution in [2.45, 2.75) is 54.4 Å². The van der Waals surface area contributed by atoms with Gasteiger partial charge in [-0.1, -0.05) is 53.5 Å². The number of carbonyl (C=O) groups excluding carboxylic acids is 1. The molecule has 2 fully saturated rings. The summed E-state index contributed by atoms with van der Waals surface area (Å²) in [6, 6.07) is 18.7. The van der Waals surface area contributed by atoms with E-state index in [-0.39, 0.29) is 42.8 Å². The van der Waals surface area contributed by atoms with Gasteiger partial charge in [-0.15, -0.1) is 0 Å². The SMILES string of the molecule is CS(=O)(=O)N1CCC(C(=O)N2CC[C@@]3(S(=O)(=O)c4ccccc4)c4ccc(OCc5c(Cl)cccc5Cl)cc4CC[C@@H]23)CC1. The van der Waals surface area contributed by atoms with Crippen molar-refractivity contribution in [3.8, 4) is 5.75 Å². The lowest BCUT2D eigenvalue weighted by atomic mass is 9.78. The van der Waals surface area contributed by atoms with Gasteiger partial charge in [0.1, 0.15) is 17.1 Å². The number of fused-ring (bicyclic) bond motifs is 3. The molecule has 0 N–H and O–H groups in total. The number of rotatable bonds is 7. The summed E-state index contributed by atoms with van der Waals surface area (Å²) in [6.07, 6.45) is 3.34. The molecule has 0 aromatic heterocycles. The van der Waals surface area contributed by atoms with Crippen LogP contribution in [0.4, 0.5) is 0 Å². The summed E-state index contributed by atoms with van der Waals surface area (Å²) in [7, 11) is -7.26. The second kappa shape index (κ2) is 11.9. The Balaban J connectivity index is 1.33. The van der Waals surface area contributed by atoms with E-state index in [9.17, 15) is 21.6 Å². The topological polar surface area (TPSA) is 101 Å². The first-order valence-corrected chi connectivity index (χ1v) is 18.8. The van der Waals surface area contributed by atoms with E-state index >= 15 is 0 Å². The van der Waals surface area contributed by atoms with E-state index in [1.807, 2.05) is 12.1 Å². The molecule has 0 spiro atoms. The number of sulfonamides is 1. The van der Waals surface area contributed by atoms with Crippen LogP contribution in [0.2, 0.25) is 10.0 Å². The average Bonchev–Trinajstić information content (AvgIpc) is 3.42. The molecule has 12 heteroatoms. The van der Waals surface area contributed by atoms with Crippen LogP contribution in [0.1, 0.15) is 42.4 Å². The third-order valence-corrected chi connectivity index (χ3v) is 14.0. The van der Waals surface area contributed by atoms with Crippen LogP contribution < -0.4 is 4.74 Å². The molecule has 1 aliphatic carbocycles. The fraction of sp³-hybridized carbons (Fsp3) is 0.406. The van der Waals surface area contributed by atoms with Gasteiger partial charge in [-0.25, -0.2) is 21.1 Å². The molecule has 0 radical (unpaired) electrons. The highest BCUT2D eigenvalue weighted by molar-refractivity contribution is 7.92. The maximum Gasteiger partial charge on any atom is 0.226 e. The monoisotopic (exact) mass is 676 g/mol. The van der Waals surface area contributed by atoms with Crippen LogP contribution in [0, 0.1) is 5.92 Å². The number of carbonyl (C=O) groups is 1. The molecular formula is C32H34Cl2N2O6S2. The molecule has 8 nitrogen and oxygen atoms in total. The maximum absolute atomic E-state index is 14.6. The van der Waals surface area contributed by atoms with Gasteiger partial charge in [0.2, 0.25) is 15.9 Å². The van der Waals surface area contributed by atoms with Crippen LogP contribution >= 0.6 is 23.2 Å². The molecule has 0 bridgehead atoms. The van der Waals surface area contributed by atoms with E-state index in [0.717, 1.165) is 5.56 Å². The van der Waals surface area contributed by atoms with Gasteiger partial charge >= 0.3 is 0 Å². The van der Waals surface area contributed by atoms with Crippen LogP contribution in [0.5, 0.6) is 5.75 Å². The van der Waals surface area contributed by atoms with E-state index in [1.165, 1.54) is 10.6 Å². The van der Waals surface area contributed by atoms with Crippen LogP contribution in [0.25, 0.3) is 0 Å². The van der Waals surface area contributed by atoms with E-state index in [2.05, 4.69) is 0 Å². The molecule has 3 aliphatic rings. The van der Waals surface area contributed by atoms with Gasteiger partial charge in [-0.05, 0) is 79.6 Å². The smallest absolute Gasteiger partial charge is 0.226 e. The minimum atomic E-state index is -3.94. The Hall–Kier alpha value is -2.63. The third-order valence-electron chi connectivity index (χ3n) is 9.39. The molecule has 6 rings (SSSR count). The molecule has 3 aromatic carbocycles. The lowest BCUT2D eigenvalue weighted by molar-refractivity contribution is -0.138. The van der Waals surface area contributed by atoms with E-state index in [1.54, 1.807) is 59.5 Å². The van der Waals surface area contributed by atoms with Crippen molar-refractivity contribution < 1.29 is 26.4 Å². The van der Waals surface area contributed by atoms with Gasteiger partial charge in [0.15, 0.2) is 9.84 Å². The highest BCUT2D eigenvalue weighted by Crippen LogP contribution is 2.53. The molecule has 2 heterocycles. The molecule has 0 unspecified atom stereocenters. The molecule has 1 amide bonds. The van der Waals surface area contributed by atoms with Gasteiger partial charge < -0.3 is 9.64 Å². The number of hydrogen-bond donors (Lipinski definition) is 0. The van der Waals surface area contributed by atoms with E-state index < -0.39 is 30.6 Å². The predicted molar refractivity (Wildman–Crippen MR) is 170 cm³/mol. The maximum atomic E-state index is 14.6. The quantitative estimate of drug-likeness (QED) is 0.330. The Morgan fingerprint density at radius 2 is 1.59 bits per heavy atom. The summed E-state index contributed by atoms with van der Waals surface area (Å²) < 4.78 is 59.5. The fourth-order valence-electron chi connectivity index (χ4n) is 7.16. The number of piperidine rings is 1. The van der Waals surface area contributed by atoms with Gasteiger partial charge in [-0.3, -0.25) is 4.79 Å². The van der Waals surface area contributed by atoms with E-state index in [0.29, 0.717) is 59.1 Å². The number of nitrogens with zero attached hydrogens (tertiary/aromatic N) is 2. The highest BCUT2D eigenvalue weighted by Gasteiger charge is 2.61. The highest BCUT2D eigenvalue weighted by atomic mass is 35.5. The Morgan fingerprint density at radius 3 is 2.25 bits per heavy atom. The predicted octanol–water partition coefficient (Wildman–Crippen LogP) is 5.46. The Labute approximate surface area is 268 Å². The second-order valence-corrected chi connectivity index (χ2v) is 16.8. The minimum Gasteiger partial charge on any atom is -0.489 e. The summed E-state index contributed by atoms with van der Waals surface area (Å²) in [4.78, 5) is 16.0. The first kappa shape index (κ1) is 31.4. The molecule has 3 aromatic rings. The van der Waals surface area contributed by atoms with Crippen molar-refractivity contribution in [2.24, 2.45) is 5.92 Å². The fourth-order valence-corrected chi connectivity index (χ4v) is 10.9. The lowest BCUT2D eigenvalue weighted by Crippen LogP contribution is -2.53. The number of hydrogen-bond acceptors (Lipinski definition) is 6. The summed E-state index contributed by atoms with van der Waals surface area (Å²) in [5, 5.41) is 1.01. The number of halogens is 2. The molecule has 2 aliphatic heterocycles. The minimum absolute atomic E-state index is 0.0895. The summed E-state index contributed by atoms with van der Waals surface area (Å²) in [5.74, 6) is 0.138. The number of ether oxygens (including phenoxy) is 1. The molecule has 2 atom stereocenters. The zero-order valence-electron chi connectivity index (χ0n) is 24.3. The zero-order valence-corrected chi connectivity index (χ0v) is 27.4. The second-order valence-electron chi connectivity index (χ2n) is 11.8. The third kappa shape index (κ3) is 5.42. The number of benzene rings is 3. The van der Waals surface area contributed by atoms with Crippen molar-refractivity contribution in [1.82, 2.24) is 9.21 Å². The van der Waals surface area contributed by atoms with Gasteiger partial charge in [0.05, 0.1) is 17.2 Å². The standard InChI is InChI=1S/C32H34Cl2N2O6S2/c1-43(38,39)35-17-14-22(15-18-35)31(37)36-19-16-32(44(40,41)25-6-3-2-4-7-25)27-12-11-24(20-23(27)10-13-30(32)36)42-21-26-28(33)8-5-9-29(26)34/h2-9,11-12,20,22,30H,10,13-19,21H2,1H3/t30-,32-/m1/s1. The molecular weight excluding hydrogens is 643 g/mol. The lowest BCUT2D eigenvalue weighted by Gasteiger charge is -2.43. The summed E-state index contributed by atoms with van der Waals surface area (Å²) in [6.45, 7) is 1.04. The number of aryl methyl sites for hydroxylation is 1. The molecule has 44 heavy (non-hydrogen) atoms. The summed E-state index contributed by atoms with van der Waals surface area (Å²) >= 11 is 12.7. The summed E-state index contributed by atoms with van der Waals surface area (Å²) in [5.41, 5.74) is 2.24.